The van der Waals surface area contributed by atoms with Crippen LogP contribution in [0.3, 0.4) is 0 Å². The molecular weight excluding hydrogens is 240 g/mol. The third-order valence-corrected chi connectivity index (χ3v) is 4.55. The Balaban J connectivity index is 1.69. The molecule has 0 bridgehead atoms. The maximum Gasteiger partial charge on any atom is 0.337 e. The zero-order valence-electron chi connectivity index (χ0n) is 11.1. The van der Waals surface area contributed by atoms with Crippen LogP contribution in [-0.4, -0.2) is 29.1 Å². The molecule has 1 spiro atoms. The van der Waals surface area contributed by atoms with E-state index in [2.05, 4.69) is 9.88 Å². The zero-order chi connectivity index (χ0) is 13.3. The Hall–Kier alpha value is -1.58. The van der Waals surface area contributed by atoms with E-state index in [1.165, 1.54) is 44.7 Å². The molecule has 1 aromatic heterocycles. The summed E-state index contributed by atoms with van der Waals surface area (Å²) >= 11 is 0. The van der Waals surface area contributed by atoms with Crippen molar-refractivity contribution in [1.29, 1.82) is 0 Å². The normalized spacial score (nSPS) is 21.8. The van der Waals surface area contributed by atoms with E-state index in [1.807, 2.05) is 0 Å². The number of anilines is 1. The standard InChI is InChI=1S/C15H20N2O2/c18-14(19)12-7-13(9-16-8-12)17-10-15(11-17)5-3-1-2-4-6-15/h7-9H,1-6,10-11H2,(H,18,19). The number of rotatable bonds is 2. The molecule has 102 valence electrons. The monoisotopic (exact) mass is 260 g/mol. The Morgan fingerprint density at radius 1 is 1.16 bits per heavy atom. The molecule has 1 aliphatic carbocycles. The quantitative estimate of drug-likeness (QED) is 0.888. The van der Waals surface area contributed by atoms with Crippen LogP contribution < -0.4 is 4.90 Å². The molecule has 2 heterocycles. The molecule has 3 rings (SSSR count). The van der Waals surface area contributed by atoms with Crippen molar-refractivity contribution in [2.24, 2.45) is 5.41 Å². The summed E-state index contributed by atoms with van der Waals surface area (Å²) in [4.78, 5) is 17.3. The number of carboxylic acids is 1. The van der Waals surface area contributed by atoms with Crippen LogP contribution in [0.4, 0.5) is 5.69 Å². The fourth-order valence-electron chi connectivity index (χ4n) is 3.46. The van der Waals surface area contributed by atoms with Crippen LogP contribution in [0.15, 0.2) is 18.5 Å². The van der Waals surface area contributed by atoms with Gasteiger partial charge in [-0.05, 0) is 18.9 Å². The molecule has 4 nitrogen and oxygen atoms in total. The topological polar surface area (TPSA) is 53.4 Å². The summed E-state index contributed by atoms with van der Waals surface area (Å²) in [7, 11) is 0. The van der Waals surface area contributed by atoms with Crippen LogP contribution in [-0.2, 0) is 0 Å². The molecule has 0 atom stereocenters. The second kappa shape index (κ2) is 4.83. The van der Waals surface area contributed by atoms with Gasteiger partial charge in [0.25, 0.3) is 0 Å². The zero-order valence-corrected chi connectivity index (χ0v) is 11.1. The number of carbonyl (C=O) groups is 1. The first-order valence-corrected chi connectivity index (χ1v) is 7.12. The lowest BCUT2D eigenvalue weighted by Crippen LogP contribution is -2.56. The highest BCUT2D eigenvalue weighted by Gasteiger charge is 2.42. The van der Waals surface area contributed by atoms with E-state index in [1.54, 1.807) is 12.3 Å². The fourth-order valence-corrected chi connectivity index (χ4v) is 3.46. The summed E-state index contributed by atoms with van der Waals surface area (Å²) in [5.41, 5.74) is 1.73. The van der Waals surface area contributed by atoms with Gasteiger partial charge in [-0.15, -0.1) is 0 Å². The van der Waals surface area contributed by atoms with Crippen LogP contribution in [0.1, 0.15) is 48.9 Å². The summed E-state index contributed by atoms with van der Waals surface area (Å²) in [5, 5.41) is 9.00. The van der Waals surface area contributed by atoms with Gasteiger partial charge in [-0.1, -0.05) is 25.7 Å². The molecule has 1 aliphatic heterocycles. The summed E-state index contributed by atoms with van der Waals surface area (Å²) in [6.07, 6.45) is 11.3. The van der Waals surface area contributed by atoms with E-state index in [4.69, 9.17) is 5.11 Å². The minimum absolute atomic E-state index is 0.277. The Morgan fingerprint density at radius 3 is 2.47 bits per heavy atom. The van der Waals surface area contributed by atoms with Crippen molar-refractivity contribution in [3.05, 3.63) is 24.0 Å². The average molecular weight is 260 g/mol. The van der Waals surface area contributed by atoms with Crippen LogP contribution in [0.5, 0.6) is 0 Å². The molecule has 0 radical (unpaired) electrons. The Bertz CT molecular complexity index is 471. The molecule has 0 aromatic carbocycles. The van der Waals surface area contributed by atoms with Crippen molar-refractivity contribution in [2.45, 2.75) is 38.5 Å². The first kappa shape index (κ1) is 12.5. The largest absolute Gasteiger partial charge is 0.478 e. The van der Waals surface area contributed by atoms with E-state index >= 15 is 0 Å². The summed E-state index contributed by atoms with van der Waals surface area (Å²) in [6.45, 7) is 2.13. The number of hydrogen-bond donors (Lipinski definition) is 1. The maximum absolute atomic E-state index is 11.0. The van der Waals surface area contributed by atoms with Crippen molar-refractivity contribution in [3.63, 3.8) is 0 Å². The van der Waals surface area contributed by atoms with Gasteiger partial charge in [0, 0.05) is 24.7 Å². The van der Waals surface area contributed by atoms with E-state index in [0.717, 1.165) is 18.8 Å². The average Bonchev–Trinajstić information content (AvgIpc) is 2.62. The lowest BCUT2D eigenvalue weighted by atomic mass is 9.73. The van der Waals surface area contributed by atoms with Gasteiger partial charge in [-0.2, -0.15) is 0 Å². The Morgan fingerprint density at radius 2 is 1.84 bits per heavy atom. The molecule has 0 unspecified atom stereocenters. The maximum atomic E-state index is 11.0. The van der Waals surface area contributed by atoms with Gasteiger partial charge in [-0.25, -0.2) is 4.79 Å². The second-order valence-corrected chi connectivity index (χ2v) is 6.01. The summed E-state index contributed by atoms with van der Waals surface area (Å²) in [6, 6.07) is 1.74. The first-order chi connectivity index (χ1) is 9.19. The van der Waals surface area contributed by atoms with E-state index in [-0.39, 0.29) is 5.56 Å². The number of aromatic nitrogens is 1. The Kier molecular flexibility index (Phi) is 3.17. The molecular formula is C15H20N2O2. The van der Waals surface area contributed by atoms with Gasteiger partial charge in [0.15, 0.2) is 0 Å². The Labute approximate surface area is 113 Å². The van der Waals surface area contributed by atoms with Crippen molar-refractivity contribution in [3.8, 4) is 0 Å². The fraction of sp³-hybridized carbons (Fsp3) is 0.600. The third-order valence-electron chi connectivity index (χ3n) is 4.55. The van der Waals surface area contributed by atoms with Crippen LogP contribution in [0.25, 0.3) is 0 Å². The number of carboxylic acid groups (broad SMARTS) is 1. The molecule has 2 fully saturated rings. The SMILES string of the molecule is O=C(O)c1cncc(N2CC3(CCCCCC3)C2)c1. The van der Waals surface area contributed by atoms with Crippen molar-refractivity contribution >= 4 is 11.7 Å². The highest BCUT2D eigenvalue weighted by molar-refractivity contribution is 5.88. The number of hydrogen-bond acceptors (Lipinski definition) is 3. The lowest BCUT2D eigenvalue weighted by Gasteiger charge is -2.51. The molecule has 1 aromatic rings. The summed E-state index contributed by atoms with van der Waals surface area (Å²) in [5.74, 6) is -0.904. The van der Waals surface area contributed by atoms with Gasteiger partial charge >= 0.3 is 5.97 Å². The van der Waals surface area contributed by atoms with Crippen LogP contribution in [0, 0.1) is 5.41 Å². The van der Waals surface area contributed by atoms with E-state index in [9.17, 15) is 4.79 Å². The highest BCUT2D eigenvalue weighted by atomic mass is 16.4. The van der Waals surface area contributed by atoms with Gasteiger partial charge in [-0.3, -0.25) is 4.98 Å². The molecule has 1 N–H and O–H groups in total. The van der Waals surface area contributed by atoms with Gasteiger partial charge in [0.05, 0.1) is 17.4 Å². The smallest absolute Gasteiger partial charge is 0.337 e. The van der Waals surface area contributed by atoms with Gasteiger partial charge < -0.3 is 10.0 Å². The minimum Gasteiger partial charge on any atom is -0.478 e. The number of aromatic carboxylic acids is 1. The molecule has 1 saturated heterocycles. The minimum atomic E-state index is -0.904. The van der Waals surface area contributed by atoms with Crippen molar-refractivity contribution < 1.29 is 9.90 Å². The lowest BCUT2D eigenvalue weighted by molar-refractivity contribution is 0.0696. The van der Waals surface area contributed by atoms with Gasteiger partial charge in [0.1, 0.15) is 0 Å². The first-order valence-electron chi connectivity index (χ1n) is 7.12. The van der Waals surface area contributed by atoms with Crippen LogP contribution in [0.2, 0.25) is 0 Å². The molecule has 4 heteroatoms. The molecule has 1 saturated carbocycles. The van der Waals surface area contributed by atoms with E-state index in [0.29, 0.717) is 5.41 Å². The van der Waals surface area contributed by atoms with E-state index < -0.39 is 5.97 Å². The number of pyridine rings is 1. The van der Waals surface area contributed by atoms with Crippen molar-refractivity contribution in [2.75, 3.05) is 18.0 Å². The van der Waals surface area contributed by atoms with Crippen LogP contribution >= 0.6 is 0 Å². The second-order valence-electron chi connectivity index (χ2n) is 6.01. The molecule has 19 heavy (non-hydrogen) atoms. The highest BCUT2D eigenvalue weighted by Crippen LogP contribution is 2.44. The number of nitrogens with zero attached hydrogens (tertiary/aromatic N) is 2. The van der Waals surface area contributed by atoms with Gasteiger partial charge in [0.2, 0.25) is 0 Å². The predicted molar refractivity (Wildman–Crippen MR) is 73.5 cm³/mol. The van der Waals surface area contributed by atoms with Crippen molar-refractivity contribution in [1.82, 2.24) is 4.98 Å². The molecule has 0 amide bonds. The summed E-state index contributed by atoms with van der Waals surface area (Å²) < 4.78 is 0. The molecule has 2 aliphatic rings. The predicted octanol–water partition coefficient (Wildman–Crippen LogP) is 2.94. The third kappa shape index (κ3) is 2.44.